The van der Waals surface area contributed by atoms with Crippen LogP contribution in [0.1, 0.15) is 5.56 Å². The Bertz CT molecular complexity index is 429. The molecular weight excluding hydrogens is 227 g/mol. The zero-order valence-electron chi connectivity index (χ0n) is 8.56. The molecule has 1 aromatic rings. The summed E-state index contributed by atoms with van der Waals surface area (Å²) in [5.41, 5.74) is 0.918. The van der Waals surface area contributed by atoms with E-state index in [4.69, 9.17) is 4.74 Å². The topological polar surface area (TPSA) is 32.3 Å². The van der Waals surface area contributed by atoms with Gasteiger partial charge in [0.1, 0.15) is 18.1 Å². The van der Waals surface area contributed by atoms with Gasteiger partial charge in [-0.05, 0) is 35.5 Å². The van der Waals surface area contributed by atoms with Crippen molar-refractivity contribution in [3.63, 3.8) is 0 Å². The molecule has 1 aliphatic rings. The number of hydrogen-bond donors (Lipinski definition) is 0. The fourth-order valence-electron chi connectivity index (χ4n) is 1.46. The van der Waals surface area contributed by atoms with E-state index in [0.29, 0.717) is 17.8 Å². The summed E-state index contributed by atoms with van der Waals surface area (Å²) in [4.78, 5) is 0.687. The van der Waals surface area contributed by atoms with Crippen molar-refractivity contribution in [2.75, 3.05) is 12.4 Å². The van der Waals surface area contributed by atoms with Gasteiger partial charge in [-0.25, -0.2) is 4.39 Å². The molecule has 0 saturated carbocycles. The molecule has 0 spiro atoms. The molecule has 0 aliphatic carbocycles. The smallest absolute Gasteiger partial charge is 0.153 e. The molecule has 2 nitrogen and oxygen atoms in total. The van der Waals surface area contributed by atoms with Crippen LogP contribution >= 0.6 is 0 Å². The normalized spacial score (nSPS) is 15.9. The summed E-state index contributed by atoms with van der Waals surface area (Å²) in [7, 11) is 0. The highest BCUT2D eigenvalue weighted by atomic mass is 32.2. The van der Waals surface area contributed by atoms with Crippen LogP contribution in [0.5, 0.6) is 5.75 Å². The molecule has 0 radical (unpaired) electrons. The molecule has 0 bridgehead atoms. The Kier molecular flexibility index (Phi) is 3.64. The zero-order valence-corrected chi connectivity index (χ0v) is 9.37. The Morgan fingerprint density at radius 2 is 2.38 bits per heavy atom. The van der Waals surface area contributed by atoms with Crippen LogP contribution in [0.15, 0.2) is 41.6 Å². The van der Waals surface area contributed by atoms with Crippen molar-refractivity contribution in [2.24, 2.45) is 0 Å². The van der Waals surface area contributed by atoms with Crippen LogP contribution in [0.2, 0.25) is 0 Å². The lowest BCUT2D eigenvalue weighted by atomic mass is 10.1. The summed E-state index contributed by atoms with van der Waals surface area (Å²) in [5.74, 6) is 0.990. The molecule has 2 rings (SSSR count). The number of benzene rings is 1. The third kappa shape index (κ3) is 2.46. The van der Waals surface area contributed by atoms with E-state index in [2.05, 4.69) is 0 Å². The number of ether oxygens (including phenoxy) is 1. The average Bonchev–Trinajstić information content (AvgIpc) is 2.35. The summed E-state index contributed by atoms with van der Waals surface area (Å²) < 4.78 is 28.9. The molecule has 16 heavy (non-hydrogen) atoms. The second kappa shape index (κ2) is 5.18. The SMILES string of the molecule is [O-][S+](CC=CF)c1ccc2c(c1)C=CCO2. The van der Waals surface area contributed by atoms with E-state index in [1.807, 2.05) is 18.2 Å². The van der Waals surface area contributed by atoms with Gasteiger partial charge in [0.2, 0.25) is 0 Å². The minimum absolute atomic E-state index is 0.194. The first-order chi connectivity index (χ1) is 7.81. The van der Waals surface area contributed by atoms with Crippen LogP contribution in [-0.2, 0) is 11.2 Å². The maximum atomic E-state index is 11.8. The van der Waals surface area contributed by atoms with Crippen LogP contribution in [0.25, 0.3) is 6.08 Å². The zero-order chi connectivity index (χ0) is 11.4. The molecule has 1 heterocycles. The lowest BCUT2D eigenvalue weighted by molar-refractivity contribution is 0.358. The Hall–Kier alpha value is -1.26. The molecule has 1 unspecified atom stereocenters. The van der Waals surface area contributed by atoms with E-state index in [9.17, 15) is 8.94 Å². The maximum Gasteiger partial charge on any atom is 0.153 e. The molecule has 1 atom stereocenters. The first kappa shape index (κ1) is 11.2. The van der Waals surface area contributed by atoms with E-state index in [1.54, 1.807) is 12.1 Å². The molecule has 1 aliphatic heterocycles. The second-order valence-corrected chi connectivity index (χ2v) is 4.78. The number of hydrogen-bond acceptors (Lipinski definition) is 2. The predicted molar refractivity (Wildman–Crippen MR) is 62.5 cm³/mol. The number of fused-ring (bicyclic) bond motifs is 1. The molecule has 0 fully saturated rings. The predicted octanol–water partition coefficient (Wildman–Crippen LogP) is 2.68. The van der Waals surface area contributed by atoms with Crippen LogP contribution in [0, 0.1) is 0 Å². The van der Waals surface area contributed by atoms with E-state index in [1.165, 1.54) is 6.08 Å². The van der Waals surface area contributed by atoms with Gasteiger partial charge in [0.05, 0.1) is 6.33 Å². The monoisotopic (exact) mass is 238 g/mol. The Morgan fingerprint density at radius 1 is 1.50 bits per heavy atom. The molecule has 84 valence electrons. The first-order valence-electron chi connectivity index (χ1n) is 4.88. The third-order valence-electron chi connectivity index (χ3n) is 2.21. The highest BCUT2D eigenvalue weighted by molar-refractivity contribution is 7.91. The van der Waals surface area contributed by atoms with Crippen LogP contribution in [-0.4, -0.2) is 16.9 Å². The minimum atomic E-state index is -1.20. The van der Waals surface area contributed by atoms with Gasteiger partial charge < -0.3 is 9.29 Å². The van der Waals surface area contributed by atoms with Gasteiger partial charge in [-0.1, -0.05) is 6.08 Å². The second-order valence-electron chi connectivity index (χ2n) is 3.29. The average molecular weight is 238 g/mol. The van der Waals surface area contributed by atoms with Crippen molar-refractivity contribution in [1.29, 1.82) is 0 Å². The van der Waals surface area contributed by atoms with Gasteiger partial charge in [-0.2, -0.15) is 0 Å². The van der Waals surface area contributed by atoms with Gasteiger partial charge in [0.15, 0.2) is 4.90 Å². The molecular formula is C12H11FO2S. The van der Waals surface area contributed by atoms with Crippen LogP contribution in [0.3, 0.4) is 0 Å². The molecule has 0 saturated heterocycles. The maximum absolute atomic E-state index is 11.8. The molecule has 0 aromatic heterocycles. The Balaban J connectivity index is 2.20. The summed E-state index contributed by atoms with van der Waals surface area (Å²) in [6.45, 7) is 0.569. The molecule has 1 aromatic carbocycles. The van der Waals surface area contributed by atoms with E-state index >= 15 is 0 Å². The lowest BCUT2D eigenvalue weighted by Crippen LogP contribution is -2.06. The Morgan fingerprint density at radius 3 is 3.19 bits per heavy atom. The highest BCUT2D eigenvalue weighted by Crippen LogP contribution is 2.26. The van der Waals surface area contributed by atoms with Crippen LogP contribution in [0.4, 0.5) is 4.39 Å². The van der Waals surface area contributed by atoms with Crippen molar-refractivity contribution in [3.8, 4) is 5.75 Å². The van der Waals surface area contributed by atoms with Gasteiger partial charge >= 0.3 is 0 Å². The van der Waals surface area contributed by atoms with Gasteiger partial charge in [0.25, 0.3) is 0 Å². The first-order valence-corrected chi connectivity index (χ1v) is 6.20. The van der Waals surface area contributed by atoms with Gasteiger partial charge in [0, 0.05) is 11.6 Å². The van der Waals surface area contributed by atoms with Crippen molar-refractivity contribution < 1.29 is 13.7 Å². The summed E-state index contributed by atoms with van der Waals surface area (Å²) >= 11 is -1.20. The minimum Gasteiger partial charge on any atom is -0.611 e. The van der Waals surface area contributed by atoms with Gasteiger partial charge in [-0.3, -0.25) is 0 Å². The van der Waals surface area contributed by atoms with E-state index < -0.39 is 11.2 Å². The van der Waals surface area contributed by atoms with E-state index in [0.717, 1.165) is 11.3 Å². The van der Waals surface area contributed by atoms with Crippen molar-refractivity contribution >= 4 is 17.3 Å². The quantitative estimate of drug-likeness (QED) is 0.758. The number of rotatable bonds is 3. The largest absolute Gasteiger partial charge is 0.611 e. The Labute approximate surface area is 96.6 Å². The third-order valence-corrected chi connectivity index (χ3v) is 3.49. The molecule has 0 amide bonds. The van der Waals surface area contributed by atoms with Crippen molar-refractivity contribution in [2.45, 2.75) is 4.90 Å². The van der Waals surface area contributed by atoms with E-state index in [-0.39, 0.29) is 5.75 Å². The van der Waals surface area contributed by atoms with Crippen molar-refractivity contribution in [1.82, 2.24) is 0 Å². The molecule has 0 N–H and O–H groups in total. The lowest BCUT2D eigenvalue weighted by Gasteiger charge is -2.14. The summed E-state index contributed by atoms with van der Waals surface area (Å²) in [5, 5.41) is 0. The standard InChI is InChI=1S/C12H11FO2S/c13-6-2-8-16(14)11-4-5-12-10(9-11)3-1-7-15-12/h1-6,9H,7-8H2. The fraction of sp³-hybridized carbons (Fsp3) is 0.167. The highest BCUT2D eigenvalue weighted by Gasteiger charge is 2.13. The van der Waals surface area contributed by atoms with Crippen molar-refractivity contribution in [3.05, 3.63) is 42.2 Å². The molecule has 4 heteroatoms. The summed E-state index contributed by atoms with van der Waals surface area (Å²) in [6, 6.07) is 5.36. The van der Waals surface area contributed by atoms with Crippen LogP contribution < -0.4 is 4.74 Å². The van der Waals surface area contributed by atoms with Gasteiger partial charge in [-0.15, -0.1) is 0 Å². The fourth-order valence-corrected chi connectivity index (χ4v) is 2.38. The summed E-state index contributed by atoms with van der Waals surface area (Å²) in [6.07, 6.45) is 5.50. The number of halogens is 1.